The van der Waals surface area contributed by atoms with Gasteiger partial charge in [0.25, 0.3) is 0 Å². The van der Waals surface area contributed by atoms with Crippen LogP contribution in [0, 0.1) is 0 Å². The molecule has 3 rings (SSSR count). The van der Waals surface area contributed by atoms with Gasteiger partial charge in [0.05, 0.1) is 6.54 Å². The molecular weight excluding hydrogens is 318 g/mol. The Morgan fingerprint density at radius 1 is 1.17 bits per heavy atom. The van der Waals surface area contributed by atoms with Crippen molar-refractivity contribution in [3.8, 4) is 0 Å². The van der Waals surface area contributed by atoms with Gasteiger partial charge in [0.2, 0.25) is 5.91 Å². The molecule has 2 N–H and O–H groups in total. The Bertz CT molecular complexity index is 832. The predicted octanol–water partition coefficient (Wildman–Crippen LogP) is 3.94. The smallest absolute Gasteiger partial charge is 0.244 e. The largest absolute Gasteiger partial charge is 0.383 e. The first-order valence-electron chi connectivity index (χ1n) is 7.77. The lowest BCUT2D eigenvalue weighted by Crippen LogP contribution is -2.37. The van der Waals surface area contributed by atoms with E-state index in [1.807, 2.05) is 60.7 Å². The van der Waals surface area contributed by atoms with Gasteiger partial charge in [-0.25, -0.2) is 0 Å². The fourth-order valence-corrected chi connectivity index (χ4v) is 3.49. The first-order chi connectivity index (χ1) is 11.5. The summed E-state index contributed by atoms with van der Waals surface area (Å²) in [5.74, 6) is -0.222. The van der Waals surface area contributed by atoms with Gasteiger partial charge in [-0.2, -0.15) is 0 Å². The van der Waals surface area contributed by atoms with Crippen LogP contribution in [-0.4, -0.2) is 17.6 Å². The van der Waals surface area contributed by atoms with E-state index in [1.165, 1.54) is 6.08 Å². The summed E-state index contributed by atoms with van der Waals surface area (Å²) < 4.78 is 1.13. The van der Waals surface area contributed by atoms with Crippen LogP contribution >= 0.6 is 11.3 Å². The number of hydrogen-bond donors (Lipinski definition) is 2. The maximum atomic E-state index is 12.0. The molecule has 24 heavy (non-hydrogen) atoms. The van der Waals surface area contributed by atoms with Crippen molar-refractivity contribution in [1.82, 2.24) is 5.32 Å². The molecular formula is C20H19NO2S. The molecule has 3 aromatic rings. The lowest BCUT2D eigenvalue weighted by atomic mass is 10.0. The molecule has 0 fully saturated rings. The number of nitrogens with one attached hydrogen (secondary N) is 1. The van der Waals surface area contributed by atoms with Gasteiger partial charge in [0.15, 0.2) is 0 Å². The standard InChI is InChI=1S/C20H19NO2S/c1-20(23,18-13-16-9-5-6-10-17(16)24-18)14-21-19(22)12-11-15-7-3-2-4-8-15/h2-13,23H,14H2,1H3,(H,21,22)/b12-11+. The van der Waals surface area contributed by atoms with E-state index in [0.29, 0.717) is 0 Å². The number of rotatable bonds is 5. The minimum Gasteiger partial charge on any atom is -0.383 e. The van der Waals surface area contributed by atoms with E-state index >= 15 is 0 Å². The van der Waals surface area contributed by atoms with Crippen LogP contribution in [0.2, 0.25) is 0 Å². The second kappa shape index (κ2) is 6.99. The van der Waals surface area contributed by atoms with Crippen molar-refractivity contribution in [1.29, 1.82) is 0 Å². The highest BCUT2D eigenvalue weighted by molar-refractivity contribution is 7.19. The Labute approximate surface area is 145 Å². The highest BCUT2D eigenvalue weighted by Crippen LogP contribution is 2.32. The zero-order valence-corrected chi connectivity index (χ0v) is 14.2. The molecule has 0 saturated heterocycles. The molecule has 3 nitrogen and oxygen atoms in total. The van der Waals surface area contributed by atoms with Crippen molar-refractivity contribution in [2.45, 2.75) is 12.5 Å². The Morgan fingerprint density at radius 2 is 1.88 bits per heavy atom. The second-order valence-electron chi connectivity index (χ2n) is 5.88. The number of aliphatic hydroxyl groups is 1. The molecule has 1 atom stereocenters. The molecule has 0 radical (unpaired) electrons. The third-order valence-electron chi connectivity index (χ3n) is 3.79. The summed E-state index contributed by atoms with van der Waals surface area (Å²) >= 11 is 1.55. The summed E-state index contributed by atoms with van der Waals surface area (Å²) in [5, 5.41) is 14.6. The van der Waals surface area contributed by atoms with Gasteiger partial charge in [-0.1, -0.05) is 48.5 Å². The topological polar surface area (TPSA) is 49.3 Å². The molecule has 4 heteroatoms. The number of carbonyl (C=O) groups excluding carboxylic acids is 1. The lowest BCUT2D eigenvalue weighted by Gasteiger charge is -2.21. The molecule has 0 saturated carbocycles. The van der Waals surface area contributed by atoms with Crippen LogP contribution in [0.3, 0.4) is 0 Å². The first kappa shape index (κ1) is 16.4. The van der Waals surface area contributed by atoms with Gasteiger partial charge in [-0.15, -0.1) is 11.3 Å². The van der Waals surface area contributed by atoms with Crippen LogP contribution in [0.4, 0.5) is 0 Å². The minimum absolute atomic E-state index is 0.164. The van der Waals surface area contributed by atoms with Crippen LogP contribution < -0.4 is 5.32 Å². The molecule has 0 aliphatic rings. The fourth-order valence-electron chi connectivity index (χ4n) is 2.39. The summed E-state index contributed by atoms with van der Waals surface area (Å²) in [4.78, 5) is 12.8. The molecule has 1 amide bonds. The predicted molar refractivity (Wildman–Crippen MR) is 99.9 cm³/mol. The Kier molecular flexibility index (Phi) is 4.79. The van der Waals surface area contributed by atoms with Gasteiger partial charge in [-0.05, 0) is 36.1 Å². The third kappa shape index (κ3) is 3.91. The van der Waals surface area contributed by atoms with Crippen molar-refractivity contribution in [2.75, 3.05) is 6.54 Å². The van der Waals surface area contributed by atoms with Crippen molar-refractivity contribution >= 4 is 33.4 Å². The summed E-state index contributed by atoms with van der Waals surface area (Å²) in [6, 6.07) is 19.6. The second-order valence-corrected chi connectivity index (χ2v) is 6.97. The normalized spacial score (nSPS) is 13.9. The Balaban J connectivity index is 1.64. The molecule has 0 bridgehead atoms. The summed E-state index contributed by atoms with van der Waals surface area (Å²) in [6.45, 7) is 1.89. The van der Waals surface area contributed by atoms with E-state index in [4.69, 9.17) is 0 Å². The molecule has 1 aromatic heterocycles. The van der Waals surface area contributed by atoms with Crippen molar-refractivity contribution in [2.24, 2.45) is 0 Å². The van der Waals surface area contributed by atoms with Crippen LogP contribution in [0.25, 0.3) is 16.2 Å². The van der Waals surface area contributed by atoms with E-state index in [1.54, 1.807) is 24.3 Å². The first-order valence-corrected chi connectivity index (χ1v) is 8.59. The number of hydrogen-bond acceptors (Lipinski definition) is 3. The van der Waals surface area contributed by atoms with E-state index < -0.39 is 5.60 Å². The highest BCUT2D eigenvalue weighted by Gasteiger charge is 2.25. The average Bonchev–Trinajstić information content (AvgIpc) is 3.04. The van der Waals surface area contributed by atoms with Crippen molar-refractivity contribution in [3.63, 3.8) is 0 Å². The fraction of sp³-hybridized carbons (Fsp3) is 0.150. The van der Waals surface area contributed by atoms with Crippen LogP contribution in [-0.2, 0) is 10.4 Å². The summed E-state index contributed by atoms with van der Waals surface area (Å²) in [5.41, 5.74) is -0.135. The van der Waals surface area contributed by atoms with Crippen LogP contribution in [0.1, 0.15) is 17.4 Å². The maximum absolute atomic E-state index is 12.0. The average molecular weight is 337 g/mol. The molecule has 1 heterocycles. The van der Waals surface area contributed by atoms with Gasteiger partial charge in [0.1, 0.15) is 5.60 Å². The lowest BCUT2D eigenvalue weighted by molar-refractivity contribution is -0.117. The molecule has 1 unspecified atom stereocenters. The van der Waals surface area contributed by atoms with E-state index in [9.17, 15) is 9.90 Å². The Morgan fingerprint density at radius 3 is 2.62 bits per heavy atom. The van der Waals surface area contributed by atoms with Crippen LogP contribution in [0.5, 0.6) is 0 Å². The number of fused-ring (bicyclic) bond motifs is 1. The minimum atomic E-state index is -1.10. The van der Waals surface area contributed by atoms with Gasteiger partial charge >= 0.3 is 0 Å². The Hall–Kier alpha value is -2.43. The highest BCUT2D eigenvalue weighted by atomic mass is 32.1. The summed E-state index contributed by atoms with van der Waals surface area (Å²) in [7, 11) is 0. The van der Waals surface area contributed by atoms with Crippen molar-refractivity contribution < 1.29 is 9.90 Å². The zero-order valence-electron chi connectivity index (χ0n) is 13.4. The molecule has 0 aliphatic heterocycles. The molecule has 0 aliphatic carbocycles. The molecule has 2 aromatic carbocycles. The monoisotopic (exact) mass is 337 g/mol. The van der Waals surface area contributed by atoms with Crippen LogP contribution in [0.15, 0.2) is 66.7 Å². The van der Waals surface area contributed by atoms with E-state index in [0.717, 1.165) is 20.5 Å². The van der Waals surface area contributed by atoms with Gasteiger partial charge in [-0.3, -0.25) is 4.79 Å². The van der Waals surface area contributed by atoms with E-state index in [-0.39, 0.29) is 12.5 Å². The van der Waals surface area contributed by atoms with Crippen molar-refractivity contribution in [3.05, 3.63) is 77.2 Å². The number of thiophene rings is 1. The van der Waals surface area contributed by atoms with Gasteiger partial charge in [0, 0.05) is 15.7 Å². The number of carbonyl (C=O) groups is 1. The molecule has 122 valence electrons. The maximum Gasteiger partial charge on any atom is 0.244 e. The number of amides is 1. The quantitative estimate of drug-likeness (QED) is 0.693. The summed E-state index contributed by atoms with van der Waals surface area (Å²) in [6.07, 6.45) is 3.24. The van der Waals surface area contributed by atoms with Gasteiger partial charge < -0.3 is 10.4 Å². The number of benzene rings is 2. The SMILES string of the molecule is CC(O)(CNC(=O)/C=C/c1ccccc1)c1cc2ccccc2s1. The molecule has 0 spiro atoms. The third-order valence-corrected chi connectivity index (χ3v) is 5.16. The van der Waals surface area contributed by atoms with E-state index in [2.05, 4.69) is 5.32 Å². The zero-order chi connectivity index (χ0) is 17.0.